The fraction of sp³-hybridized carbons (Fsp3) is 0.200. The molecule has 1 aromatic carbocycles. The zero-order valence-electron chi connectivity index (χ0n) is 11.7. The number of carbonyl (C=O) groups is 1. The molecule has 1 aromatic rings. The molecular weight excluding hydrogens is 256 g/mol. The lowest BCUT2D eigenvalue weighted by Crippen LogP contribution is -2.33. The van der Waals surface area contributed by atoms with E-state index in [-0.39, 0.29) is 17.8 Å². The minimum absolute atomic E-state index is 0.0134. The summed E-state index contributed by atoms with van der Waals surface area (Å²) in [6, 6.07) is 8.22. The van der Waals surface area contributed by atoms with Crippen molar-refractivity contribution in [3.63, 3.8) is 0 Å². The summed E-state index contributed by atoms with van der Waals surface area (Å²) in [5.74, 6) is 0.375. The molecule has 0 aliphatic heterocycles. The third kappa shape index (κ3) is 2.13. The fourth-order valence-electron chi connectivity index (χ4n) is 3.39. The molecule has 0 saturated carbocycles. The topological polar surface area (TPSA) is 17.1 Å². The van der Waals surface area contributed by atoms with Crippen LogP contribution in [0.1, 0.15) is 17.5 Å². The van der Waals surface area contributed by atoms with Gasteiger partial charge in [-0.05, 0) is 29.0 Å². The summed E-state index contributed by atoms with van der Waals surface area (Å²) in [5, 5.41) is 0. The number of ketones is 1. The highest BCUT2D eigenvalue weighted by Gasteiger charge is 2.36. The van der Waals surface area contributed by atoms with E-state index < -0.39 is 0 Å². The molecule has 0 heterocycles. The Morgan fingerprint density at radius 1 is 1.05 bits per heavy atom. The highest BCUT2D eigenvalue weighted by atomic mass is 16.1. The first-order valence-corrected chi connectivity index (χ1v) is 7.45. The van der Waals surface area contributed by atoms with Crippen LogP contribution in [0.5, 0.6) is 0 Å². The third-order valence-corrected chi connectivity index (χ3v) is 4.54. The molecule has 4 rings (SSSR count). The van der Waals surface area contributed by atoms with Crippen molar-refractivity contribution in [2.45, 2.75) is 6.42 Å². The summed E-state index contributed by atoms with van der Waals surface area (Å²) in [4.78, 5) is 12.8. The Balaban J connectivity index is 1.62. The maximum absolute atomic E-state index is 12.8. The molecule has 0 N–H and O–H groups in total. The Morgan fingerprint density at radius 3 is 2.90 bits per heavy atom. The molecule has 0 spiro atoms. The average molecular weight is 272 g/mol. The number of benzene rings is 1. The lowest BCUT2D eigenvalue weighted by atomic mass is 9.70. The van der Waals surface area contributed by atoms with Crippen molar-refractivity contribution in [2.75, 3.05) is 0 Å². The van der Waals surface area contributed by atoms with Crippen molar-refractivity contribution in [1.29, 1.82) is 0 Å². The maximum Gasteiger partial charge on any atom is 0.148 e. The van der Waals surface area contributed by atoms with Crippen molar-refractivity contribution >= 4 is 11.9 Å². The van der Waals surface area contributed by atoms with Crippen LogP contribution in [0.25, 0.3) is 6.08 Å². The van der Waals surface area contributed by atoms with Crippen LogP contribution < -0.4 is 0 Å². The second-order valence-electron chi connectivity index (χ2n) is 5.79. The van der Waals surface area contributed by atoms with Crippen molar-refractivity contribution in [1.82, 2.24) is 0 Å². The summed E-state index contributed by atoms with van der Waals surface area (Å²) in [6.07, 6.45) is 18.8. The Bertz CT molecular complexity index is 702. The smallest absolute Gasteiger partial charge is 0.148 e. The lowest BCUT2D eigenvalue weighted by molar-refractivity contribution is -0.125. The zero-order valence-corrected chi connectivity index (χ0v) is 11.7. The van der Waals surface area contributed by atoms with Crippen LogP contribution in [0.15, 0.2) is 66.3 Å². The van der Waals surface area contributed by atoms with Gasteiger partial charge in [-0.1, -0.05) is 66.8 Å². The minimum atomic E-state index is -0.0545. The van der Waals surface area contributed by atoms with Gasteiger partial charge in [0.25, 0.3) is 0 Å². The van der Waals surface area contributed by atoms with Crippen molar-refractivity contribution < 1.29 is 4.79 Å². The first kappa shape index (κ1) is 12.6. The summed E-state index contributed by atoms with van der Waals surface area (Å²) >= 11 is 0. The molecule has 0 fully saturated rings. The van der Waals surface area contributed by atoms with E-state index in [1.807, 2.05) is 30.4 Å². The number of allylic oxidation sites excluding steroid dienone is 7. The van der Waals surface area contributed by atoms with Gasteiger partial charge in [-0.15, -0.1) is 0 Å². The van der Waals surface area contributed by atoms with E-state index in [2.05, 4.69) is 42.9 Å². The van der Waals surface area contributed by atoms with Crippen molar-refractivity contribution in [3.8, 4) is 0 Å². The number of Topliss-reactive ketones (excluding diaryl/α,β-unsaturated/α-hetero) is 1. The van der Waals surface area contributed by atoms with Crippen LogP contribution in [-0.4, -0.2) is 5.78 Å². The summed E-state index contributed by atoms with van der Waals surface area (Å²) < 4.78 is 0. The third-order valence-electron chi connectivity index (χ3n) is 4.54. The minimum Gasteiger partial charge on any atom is -0.298 e. The second kappa shape index (κ2) is 5.00. The number of hydrogen-bond acceptors (Lipinski definition) is 1. The summed E-state index contributed by atoms with van der Waals surface area (Å²) in [5.41, 5.74) is 3.46. The SMILES string of the molecule is O=C1C2C=CC=CC2=CCC1C1[C]c2ccccc2C=C1. The van der Waals surface area contributed by atoms with E-state index in [9.17, 15) is 4.79 Å². The Labute approximate surface area is 125 Å². The van der Waals surface area contributed by atoms with E-state index in [4.69, 9.17) is 0 Å². The predicted molar refractivity (Wildman–Crippen MR) is 84.3 cm³/mol. The van der Waals surface area contributed by atoms with Gasteiger partial charge in [-0.2, -0.15) is 0 Å². The van der Waals surface area contributed by atoms with Gasteiger partial charge >= 0.3 is 0 Å². The molecule has 102 valence electrons. The van der Waals surface area contributed by atoms with Gasteiger partial charge in [0, 0.05) is 12.3 Å². The largest absolute Gasteiger partial charge is 0.298 e. The molecule has 0 aromatic heterocycles. The summed E-state index contributed by atoms with van der Waals surface area (Å²) in [6.45, 7) is 0. The Kier molecular flexibility index (Phi) is 2.99. The molecule has 21 heavy (non-hydrogen) atoms. The first-order chi connectivity index (χ1) is 10.3. The van der Waals surface area contributed by atoms with E-state index >= 15 is 0 Å². The molecule has 0 bridgehead atoms. The monoisotopic (exact) mass is 272 g/mol. The van der Waals surface area contributed by atoms with Crippen molar-refractivity contribution in [2.24, 2.45) is 17.8 Å². The number of hydrogen-bond donors (Lipinski definition) is 0. The van der Waals surface area contributed by atoms with Crippen LogP contribution in [0.2, 0.25) is 0 Å². The first-order valence-electron chi connectivity index (χ1n) is 7.45. The molecule has 3 aliphatic rings. The molecule has 0 saturated heterocycles. The molecule has 3 aliphatic carbocycles. The van der Waals surface area contributed by atoms with Crippen LogP contribution in [0.4, 0.5) is 0 Å². The van der Waals surface area contributed by atoms with Crippen LogP contribution in [0.3, 0.4) is 0 Å². The highest BCUT2D eigenvalue weighted by molar-refractivity contribution is 5.91. The standard InChI is InChI=1S/C20H16O/c21-20-18-8-4-3-6-15(18)11-12-19(20)17-10-9-14-5-1-2-7-16(14)13-17/h1-11,17-19H,12H2. The van der Waals surface area contributed by atoms with E-state index in [0.29, 0.717) is 5.78 Å². The molecule has 3 unspecified atom stereocenters. The molecular formula is C20H16O. The Hall–Kier alpha value is -2.15. The van der Waals surface area contributed by atoms with Crippen LogP contribution in [-0.2, 0) is 4.79 Å². The molecule has 1 heteroatoms. The predicted octanol–water partition coefficient (Wildman–Crippen LogP) is 4.02. The van der Waals surface area contributed by atoms with E-state index in [0.717, 1.165) is 17.6 Å². The van der Waals surface area contributed by atoms with Gasteiger partial charge in [0.2, 0.25) is 0 Å². The fourth-order valence-corrected chi connectivity index (χ4v) is 3.39. The zero-order chi connectivity index (χ0) is 14.2. The highest BCUT2D eigenvalue weighted by Crippen LogP contribution is 2.38. The molecule has 1 nitrogen and oxygen atoms in total. The normalized spacial score (nSPS) is 29.8. The molecule has 3 atom stereocenters. The summed E-state index contributed by atoms with van der Waals surface area (Å²) in [7, 11) is 0. The molecule has 2 radical (unpaired) electrons. The van der Waals surface area contributed by atoms with Gasteiger partial charge < -0.3 is 0 Å². The van der Waals surface area contributed by atoms with E-state index in [1.165, 1.54) is 5.56 Å². The van der Waals surface area contributed by atoms with Gasteiger partial charge in [0.15, 0.2) is 0 Å². The second-order valence-corrected chi connectivity index (χ2v) is 5.79. The number of fused-ring (bicyclic) bond motifs is 2. The number of carbonyl (C=O) groups excluding carboxylic acids is 1. The molecule has 0 amide bonds. The van der Waals surface area contributed by atoms with Crippen LogP contribution in [0, 0.1) is 24.2 Å². The maximum atomic E-state index is 12.8. The van der Waals surface area contributed by atoms with Crippen molar-refractivity contribution in [3.05, 3.63) is 83.8 Å². The number of rotatable bonds is 1. The van der Waals surface area contributed by atoms with Gasteiger partial charge in [-0.25, -0.2) is 0 Å². The van der Waals surface area contributed by atoms with Gasteiger partial charge in [0.1, 0.15) is 5.78 Å². The Morgan fingerprint density at radius 2 is 1.95 bits per heavy atom. The van der Waals surface area contributed by atoms with Gasteiger partial charge in [0.05, 0.1) is 5.92 Å². The van der Waals surface area contributed by atoms with Crippen LogP contribution >= 0.6 is 0 Å². The van der Waals surface area contributed by atoms with E-state index in [1.54, 1.807) is 0 Å². The van der Waals surface area contributed by atoms with Gasteiger partial charge in [-0.3, -0.25) is 4.79 Å². The lowest BCUT2D eigenvalue weighted by Gasteiger charge is -2.32. The average Bonchev–Trinajstić information content (AvgIpc) is 2.55. The quantitative estimate of drug-likeness (QED) is 0.754.